The molecule has 0 saturated carbocycles. The number of rotatable bonds is 3. The summed E-state index contributed by atoms with van der Waals surface area (Å²) in [5.41, 5.74) is 5.03. The molecule has 0 aromatic heterocycles. The van der Waals surface area contributed by atoms with Gasteiger partial charge in [-0.15, -0.1) is 0 Å². The van der Waals surface area contributed by atoms with Crippen LogP contribution in [-0.4, -0.2) is 12.1 Å². The lowest BCUT2D eigenvalue weighted by Crippen LogP contribution is -2.17. The normalized spacial score (nSPS) is 10.8. The number of hydrogen-bond acceptors (Lipinski definition) is 2. The molecule has 2 aromatic carbocycles. The molecule has 0 aliphatic carbocycles. The lowest BCUT2D eigenvalue weighted by Gasteiger charge is -2.01. The SMILES string of the molecule is Cc1ccc(/C=N\NC(=O)c2ccc(Cl)cc2)cc1Br. The molecule has 3 nitrogen and oxygen atoms in total. The molecule has 5 heteroatoms. The van der Waals surface area contributed by atoms with Crippen LogP contribution in [0.25, 0.3) is 0 Å². The third-order valence-corrected chi connectivity index (χ3v) is 3.79. The van der Waals surface area contributed by atoms with E-state index in [0.717, 1.165) is 15.6 Å². The highest BCUT2D eigenvalue weighted by Gasteiger charge is 2.03. The fourth-order valence-corrected chi connectivity index (χ4v) is 2.04. The number of amides is 1. The van der Waals surface area contributed by atoms with E-state index in [0.29, 0.717) is 10.6 Å². The van der Waals surface area contributed by atoms with Crippen LogP contribution in [0, 0.1) is 6.92 Å². The van der Waals surface area contributed by atoms with Crippen LogP contribution < -0.4 is 5.43 Å². The quantitative estimate of drug-likeness (QED) is 0.654. The Bertz CT molecular complexity index is 653. The van der Waals surface area contributed by atoms with Crippen molar-refractivity contribution in [2.24, 2.45) is 5.10 Å². The summed E-state index contributed by atoms with van der Waals surface area (Å²) in [5.74, 6) is -0.274. The summed E-state index contributed by atoms with van der Waals surface area (Å²) < 4.78 is 1.01. The van der Waals surface area contributed by atoms with Crippen LogP contribution in [0.1, 0.15) is 21.5 Å². The maximum absolute atomic E-state index is 11.8. The van der Waals surface area contributed by atoms with Crippen molar-refractivity contribution < 1.29 is 4.79 Å². The molecule has 2 rings (SSSR count). The standard InChI is InChI=1S/C15H12BrClN2O/c1-10-2-3-11(8-14(10)16)9-18-19-15(20)12-4-6-13(17)7-5-12/h2-9H,1H3,(H,19,20)/b18-9-. The van der Waals surface area contributed by atoms with E-state index in [-0.39, 0.29) is 5.91 Å². The third-order valence-electron chi connectivity index (χ3n) is 2.68. The summed E-state index contributed by atoms with van der Waals surface area (Å²) in [6.45, 7) is 2.01. The topological polar surface area (TPSA) is 41.5 Å². The zero-order valence-corrected chi connectivity index (χ0v) is 13.1. The van der Waals surface area contributed by atoms with Gasteiger partial charge in [0.15, 0.2) is 0 Å². The van der Waals surface area contributed by atoms with Crippen LogP contribution >= 0.6 is 27.5 Å². The average molecular weight is 352 g/mol. The molecular formula is C15H12BrClN2O. The summed E-state index contributed by atoms with van der Waals surface area (Å²) in [6.07, 6.45) is 1.60. The van der Waals surface area contributed by atoms with Crippen LogP contribution in [0.4, 0.5) is 0 Å². The van der Waals surface area contributed by atoms with Gasteiger partial charge in [0.1, 0.15) is 0 Å². The predicted octanol–water partition coefficient (Wildman–Crippen LogP) is 4.17. The molecule has 0 atom stereocenters. The zero-order chi connectivity index (χ0) is 14.5. The number of hydrazone groups is 1. The minimum Gasteiger partial charge on any atom is -0.267 e. The van der Waals surface area contributed by atoms with Gasteiger partial charge in [0, 0.05) is 15.1 Å². The fraction of sp³-hybridized carbons (Fsp3) is 0.0667. The minimum absolute atomic E-state index is 0.274. The van der Waals surface area contributed by atoms with E-state index < -0.39 is 0 Å². The fourth-order valence-electron chi connectivity index (χ4n) is 1.52. The van der Waals surface area contributed by atoms with Crippen LogP contribution in [0.5, 0.6) is 0 Å². The van der Waals surface area contributed by atoms with Gasteiger partial charge in [-0.3, -0.25) is 4.79 Å². The van der Waals surface area contributed by atoms with Crippen molar-refractivity contribution >= 4 is 39.7 Å². The van der Waals surface area contributed by atoms with Gasteiger partial charge in [-0.2, -0.15) is 5.10 Å². The largest absolute Gasteiger partial charge is 0.271 e. The molecule has 0 radical (unpaired) electrons. The maximum atomic E-state index is 11.8. The molecule has 0 aliphatic heterocycles. The molecule has 1 amide bonds. The Balaban J connectivity index is 2.00. The molecule has 0 bridgehead atoms. The van der Waals surface area contributed by atoms with Gasteiger partial charge in [0.25, 0.3) is 5.91 Å². The Kier molecular flexibility index (Phi) is 4.93. The highest BCUT2D eigenvalue weighted by molar-refractivity contribution is 9.10. The van der Waals surface area contributed by atoms with Gasteiger partial charge in [0.2, 0.25) is 0 Å². The van der Waals surface area contributed by atoms with Crippen molar-refractivity contribution in [1.82, 2.24) is 5.43 Å². The predicted molar refractivity (Wildman–Crippen MR) is 85.4 cm³/mol. The van der Waals surface area contributed by atoms with Crippen molar-refractivity contribution in [3.8, 4) is 0 Å². The van der Waals surface area contributed by atoms with Crippen molar-refractivity contribution in [1.29, 1.82) is 0 Å². The molecule has 2 aromatic rings. The van der Waals surface area contributed by atoms with Crippen LogP contribution in [0.15, 0.2) is 52.0 Å². The van der Waals surface area contributed by atoms with Crippen molar-refractivity contribution in [3.63, 3.8) is 0 Å². The van der Waals surface area contributed by atoms with Gasteiger partial charge < -0.3 is 0 Å². The Labute approximate surface area is 130 Å². The monoisotopic (exact) mass is 350 g/mol. The number of hydrogen-bond donors (Lipinski definition) is 1. The first kappa shape index (κ1) is 14.8. The van der Waals surface area contributed by atoms with Crippen molar-refractivity contribution in [3.05, 3.63) is 68.7 Å². The van der Waals surface area contributed by atoms with E-state index in [1.165, 1.54) is 0 Å². The number of aryl methyl sites for hydroxylation is 1. The Morgan fingerprint density at radius 2 is 1.95 bits per heavy atom. The van der Waals surface area contributed by atoms with E-state index >= 15 is 0 Å². The second kappa shape index (κ2) is 6.68. The Morgan fingerprint density at radius 3 is 2.60 bits per heavy atom. The van der Waals surface area contributed by atoms with Gasteiger partial charge in [-0.25, -0.2) is 5.43 Å². The first-order valence-corrected chi connectivity index (χ1v) is 7.08. The lowest BCUT2D eigenvalue weighted by molar-refractivity contribution is 0.0955. The van der Waals surface area contributed by atoms with Crippen LogP contribution in [-0.2, 0) is 0 Å². The van der Waals surface area contributed by atoms with Crippen molar-refractivity contribution in [2.45, 2.75) is 6.92 Å². The number of carbonyl (C=O) groups excluding carboxylic acids is 1. The van der Waals surface area contributed by atoms with E-state index in [4.69, 9.17) is 11.6 Å². The number of nitrogens with one attached hydrogen (secondary N) is 1. The van der Waals surface area contributed by atoms with E-state index in [1.54, 1.807) is 30.5 Å². The highest BCUT2D eigenvalue weighted by Crippen LogP contribution is 2.16. The van der Waals surface area contributed by atoms with Crippen LogP contribution in [0.3, 0.4) is 0 Å². The smallest absolute Gasteiger partial charge is 0.267 e. The maximum Gasteiger partial charge on any atom is 0.271 e. The summed E-state index contributed by atoms with van der Waals surface area (Å²) in [5, 5.41) is 4.52. The third kappa shape index (κ3) is 3.92. The molecule has 0 heterocycles. The Hall–Kier alpha value is -1.65. The first-order chi connectivity index (χ1) is 9.56. The second-order valence-corrected chi connectivity index (χ2v) is 5.51. The number of halogens is 2. The molecule has 0 aliphatic rings. The number of carbonyl (C=O) groups is 1. The summed E-state index contributed by atoms with van der Waals surface area (Å²) in [7, 11) is 0. The molecular weight excluding hydrogens is 340 g/mol. The van der Waals surface area contributed by atoms with Crippen molar-refractivity contribution in [2.75, 3.05) is 0 Å². The first-order valence-electron chi connectivity index (χ1n) is 5.91. The molecule has 102 valence electrons. The summed E-state index contributed by atoms with van der Waals surface area (Å²) >= 11 is 9.21. The van der Waals surface area contributed by atoms with Gasteiger partial charge in [0.05, 0.1) is 6.21 Å². The number of benzene rings is 2. The molecule has 0 spiro atoms. The van der Waals surface area contributed by atoms with Gasteiger partial charge in [-0.1, -0.05) is 39.7 Å². The summed E-state index contributed by atoms with van der Waals surface area (Å²) in [4.78, 5) is 11.8. The summed E-state index contributed by atoms with van der Waals surface area (Å²) in [6, 6.07) is 12.5. The zero-order valence-electron chi connectivity index (χ0n) is 10.7. The Morgan fingerprint density at radius 1 is 1.25 bits per heavy atom. The van der Waals surface area contributed by atoms with E-state index in [2.05, 4.69) is 26.5 Å². The number of nitrogens with zero attached hydrogens (tertiary/aromatic N) is 1. The van der Waals surface area contributed by atoms with Crippen LogP contribution in [0.2, 0.25) is 5.02 Å². The molecule has 0 unspecified atom stereocenters. The highest BCUT2D eigenvalue weighted by atomic mass is 79.9. The van der Waals surface area contributed by atoms with Gasteiger partial charge >= 0.3 is 0 Å². The molecule has 0 saturated heterocycles. The molecule has 1 N–H and O–H groups in total. The van der Waals surface area contributed by atoms with E-state index in [1.807, 2.05) is 25.1 Å². The molecule has 0 fully saturated rings. The average Bonchev–Trinajstić information content (AvgIpc) is 2.43. The minimum atomic E-state index is -0.274. The van der Waals surface area contributed by atoms with E-state index in [9.17, 15) is 4.79 Å². The molecule has 20 heavy (non-hydrogen) atoms. The van der Waals surface area contributed by atoms with Gasteiger partial charge in [-0.05, 0) is 48.4 Å². The second-order valence-electron chi connectivity index (χ2n) is 4.21. The lowest BCUT2D eigenvalue weighted by atomic mass is 10.2.